The number of rotatable bonds is 4. The van der Waals surface area contributed by atoms with Crippen LogP contribution in [-0.4, -0.2) is 30.0 Å². The van der Waals surface area contributed by atoms with Crippen LogP contribution in [-0.2, 0) is 6.54 Å². The summed E-state index contributed by atoms with van der Waals surface area (Å²) in [6.45, 7) is 0.365. The molecule has 0 atom stereocenters. The van der Waals surface area contributed by atoms with Gasteiger partial charge in [0.1, 0.15) is 0 Å². The van der Waals surface area contributed by atoms with Crippen molar-refractivity contribution >= 4 is 27.8 Å². The van der Waals surface area contributed by atoms with Crippen LogP contribution in [0.15, 0.2) is 41.0 Å². The third-order valence-corrected chi connectivity index (χ3v) is 3.34. The minimum Gasteiger partial charge on any atom is -0.347 e. The highest BCUT2D eigenvalue weighted by atomic mass is 79.9. The topological polar surface area (TPSA) is 58.1 Å². The third-order valence-electron chi connectivity index (χ3n) is 2.65. The Morgan fingerprint density at radius 2 is 2.05 bits per heavy atom. The summed E-state index contributed by atoms with van der Waals surface area (Å²) in [7, 11) is 3.75. The second-order valence-corrected chi connectivity index (χ2v) is 5.26. The van der Waals surface area contributed by atoms with Crippen LogP contribution in [0.5, 0.6) is 0 Å². The van der Waals surface area contributed by atoms with Gasteiger partial charge in [0, 0.05) is 24.8 Å². The van der Waals surface area contributed by atoms with Gasteiger partial charge in [-0.05, 0) is 34.1 Å². The number of halogens is 1. The number of carbonyl (C=O) groups excluding carboxylic acids is 1. The minimum atomic E-state index is -0.137. The number of aromatic nitrogens is 2. The molecule has 1 amide bonds. The summed E-state index contributed by atoms with van der Waals surface area (Å²) in [6.07, 6.45) is 1.68. The standard InChI is InChI=1S/C14H15BrN4O/c1-19(2)14-16-8-7-10(18-14)9-17-13(20)11-5-3-4-6-12(11)15/h3-8H,9H2,1-2H3,(H,17,20). The highest BCUT2D eigenvalue weighted by molar-refractivity contribution is 9.10. The van der Waals surface area contributed by atoms with Gasteiger partial charge in [0.15, 0.2) is 0 Å². The molecule has 1 N–H and O–H groups in total. The molecule has 0 saturated carbocycles. The lowest BCUT2D eigenvalue weighted by molar-refractivity contribution is 0.0949. The Labute approximate surface area is 126 Å². The molecular weight excluding hydrogens is 320 g/mol. The normalized spacial score (nSPS) is 10.2. The van der Waals surface area contributed by atoms with Crippen molar-refractivity contribution in [3.8, 4) is 0 Å². The van der Waals surface area contributed by atoms with Gasteiger partial charge in [-0.15, -0.1) is 0 Å². The van der Waals surface area contributed by atoms with E-state index >= 15 is 0 Å². The first-order valence-electron chi connectivity index (χ1n) is 6.10. The Bertz CT molecular complexity index is 616. The van der Waals surface area contributed by atoms with Crippen molar-refractivity contribution in [1.29, 1.82) is 0 Å². The molecule has 0 aliphatic heterocycles. The molecule has 0 bridgehead atoms. The summed E-state index contributed by atoms with van der Waals surface area (Å²) in [5.74, 6) is 0.486. The second-order valence-electron chi connectivity index (χ2n) is 4.40. The molecule has 2 rings (SSSR count). The van der Waals surface area contributed by atoms with Gasteiger partial charge in [-0.25, -0.2) is 9.97 Å². The van der Waals surface area contributed by atoms with Crippen LogP contribution in [0, 0.1) is 0 Å². The van der Waals surface area contributed by atoms with Crippen molar-refractivity contribution in [2.75, 3.05) is 19.0 Å². The zero-order chi connectivity index (χ0) is 14.5. The highest BCUT2D eigenvalue weighted by Gasteiger charge is 2.09. The van der Waals surface area contributed by atoms with E-state index in [0.29, 0.717) is 18.1 Å². The van der Waals surface area contributed by atoms with E-state index in [2.05, 4.69) is 31.2 Å². The first-order valence-corrected chi connectivity index (χ1v) is 6.89. The van der Waals surface area contributed by atoms with Crippen molar-refractivity contribution in [2.24, 2.45) is 0 Å². The predicted octanol–water partition coefficient (Wildman–Crippen LogP) is 2.24. The second kappa shape index (κ2) is 6.47. The number of amides is 1. The van der Waals surface area contributed by atoms with E-state index in [1.54, 1.807) is 18.3 Å². The molecule has 2 aromatic rings. The average molecular weight is 335 g/mol. The van der Waals surface area contributed by atoms with E-state index in [4.69, 9.17) is 0 Å². The maximum atomic E-state index is 12.1. The van der Waals surface area contributed by atoms with E-state index < -0.39 is 0 Å². The maximum absolute atomic E-state index is 12.1. The average Bonchev–Trinajstić information content (AvgIpc) is 2.45. The minimum absolute atomic E-state index is 0.137. The van der Waals surface area contributed by atoms with Crippen LogP contribution in [0.3, 0.4) is 0 Å². The van der Waals surface area contributed by atoms with E-state index in [1.165, 1.54) is 0 Å². The molecule has 0 radical (unpaired) electrons. The summed E-state index contributed by atoms with van der Waals surface area (Å²) < 4.78 is 0.772. The number of hydrogen-bond donors (Lipinski definition) is 1. The van der Waals surface area contributed by atoms with E-state index in [9.17, 15) is 4.79 Å². The van der Waals surface area contributed by atoms with Crippen molar-refractivity contribution < 1.29 is 4.79 Å². The fourth-order valence-electron chi connectivity index (χ4n) is 1.61. The number of benzene rings is 1. The van der Waals surface area contributed by atoms with Crippen molar-refractivity contribution in [3.63, 3.8) is 0 Å². The molecule has 1 aromatic carbocycles. The molecule has 1 heterocycles. The van der Waals surface area contributed by atoms with Crippen LogP contribution >= 0.6 is 15.9 Å². The molecular formula is C14H15BrN4O. The van der Waals surface area contributed by atoms with Crippen molar-refractivity contribution in [1.82, 2.24) is 15.3 Å². The number of carbonyl (C=O) groups is 1. The SMILES string of the molecule is CN(C)c1nccc(CNC(=O)c2ccccc2Br)n1. The summed E-state index contributed by atoms with van der Waals surface area (Å²) in [5.41, 5.74) is 1.37. The van der Waals surface area contributed by atoms with E-state index in [-0.39, 0.29) is 5.91 Å². The molecule has 1 aromatic heterocycles. The molecule has 0 aliphatic carbocycles. The van der Waals surface area contributed by atoms with E-state index in [0.717, 1.165) is 10.2 Å². The first-order chi connectivity index (χ1) is 9.58. The third kappa shape index (κ3) is 3.54. The summed E-state index contributed by atoms with van der Waals surface area (Å²) >= 11 is 3.36. The Kier molecular flexibility index (Phi) is 4.68. The van der Waals surface area contributed by atoms with Crippen LogP contribution < -0.4 is 10.2 Å². The molecule has 0 fully saturated rings. The van der Waals surface area contributed by atoms with Gasteiger partial charge >= 0.3 is 0 Å². The Morgan fingerprint density at radius 3 is 2.75 bits per heavy atom. The quantitative estimate of drug-likeness (QED) is 0.931. The van der Waals surface area contributed by atoms with Crippen LogP contribution in [0.25, 0.3) is 0 Å². The number of nitrogens with zero attached hydrogens (tertiary/aromatic N) is 3. The fourth-order valence-corrected chi connectivity index (χ4v) is 2.07. The monoisotopic (exact) mass is 334 g/mol. The van der Waals surface area contributed by atoms with Crippen LogP contribution in [0.4, 0.5) is 5.95 Å². The van der Waals surface area contributed by atoms with Crippen LogP contribution in [0.1, 0.15) is 16.1 Å². The lowest BCUT2D eigenvalue weighted by atomic mass is 10.2. The summed E-state index contributed by atoms with van der Waals surface area (Å²) in [4.78, 5) is 22.4. The fraction of sp³-hybridized carbons (Fsp3) is 0.214. The number of nitrogens with one attached hydrogen (secondary N) is 1. The van der Waals surface area contributed by atoms with Crippen molar-refractivity contribution in [2.45, 2.75) is 6.54 Å². The zero-order valence-corrected chi connectivity index (χ0v) is 12.9. The van der Waals surface area contributed by atoms with Gasteiger partial charge in [0.2, 0.25) is 5.95 Å². The lowest BCUT2D eigenvalue weighted by Gasteiger charge is -2.11. The van der Waals surface area contributed by atoms with Gasteiger partial charge in [-0.3, -0.25) is 4.79 Å². The molecule has 104 valence electrons. The highest BCUT2D eigenvalue weighted by Crippen LogP contribution is 2.15. The Hall–Kier alpha value is -1.95. The smallest absolute Gasteiger partial charge is 0.252 e. The molecule has 0 unspecified atom stereocenters. The molecule has 0 aliphatic rings. The Balaban J connectivity index is 2.04. The molecule has 0 spiro atoms. The van der Waals surface area contributed by atoms with Gasteiger partial charge in [-0.2, -0.15) is 0 Å². The molecule has 20 heavy (non-hydrogen) atoms. The molecule has 6 heteroatoms. The lowest BCUT2D eigenvalue weighted by Crippen LogP contribution is -2.24. The zero-order valence-electron chi connectivity index (χ0n) is 11.3. The maximum Gasteiger partial charge on any atom is 0.252 e. The molecule has 5 nitrogen and oxygen atoms in total. The summed E-state index contributed by atoms with van der Waals surface area (Å²) in [5, 5.41) is 2.84. The first kappa shape index (κ1) is 14.5. The van der Waals surface area contributed by atoms with Gasteiger partial charge in [-0.1, -0.05) is 12.1 Å². The van der Waals surface area contributed by atoms with Crippen LogP contribution in [0.2, 0.25) is 0 Å². The predicted molar refractivity (Wildman–Crippen MR) is 81.7 cm³/mol. The van der Waals surface area contributed by atoms with Crippen molar-refractivity contribution in [3.05, 3.63) is 52.3 Å². The van der Waals surface area contributed by atoms with Gasteiger partial charge < -0.3 is 10.2 Å². The Morgan fingerprint density at radius 1 is 1.30 bits per heavy atom. The van der Waals surface area contributed by atoms with Gasteiger partial charge in [0.25, 0.3) is 5.91 Å². The largest absolute Gasteiger partial charge is 0.347 e. The number of hydrogen-bond acceptors (Lipinski definition) is 4. The summed E-state index contributed by atoms with van der Waals surface area (Å²) in [6, 6.07) is 9.09. The molecule has 0 saturated heterocycles. The number of anilines is 1. The van der Waals surface area contributed by atoms with Gasteiger partial charge in [0.05, 0.1) is 17.8 Å². The van der Waals surface area contributed by atoms with E-state index in [1.807, 2.05) is 37.2 Å².